The molecular weight excluding hydrogens is 340 g/mol. The van der Waals surface area contributed by atoms with E-state index < -0.39 is 0 Å². The molecule has 0 bridgehead atoms. The van der Waals surface area contributed by atoms with Crippen LogP contribution in [-0.4, -0.2) is 19.7 Å². The Kier molecular flexibility index (Phi) is 5.53. The van der Waals surface area contributed by atoms with E-state index in [1.54, 1.807) is 24.2 Å². The molecule has 0 amide bonds. The van der Waals surface area contributed by atoms with E-state index in [0.29, 0.717) is 5.92 Å². The Labute approximate surface area is 151 Å². The summed E-state index contributed by atoms with van der Waals surface area (Å²) >= 11 is 7.64. The third kappa shape index (κ3) is 4.16. The molecule has 3 rings (SSSR count). The van der Waals surface area contributed by atoms with Gasteiger partial charge in [-0.05, 0) is 35.7 Å². The van der Waals surface area contributed by atoms with Gasteiger partial charge in [-0.25, -0.2) is 0 Å². The van der Waals surface area contributed by atoms with Gasteiger partial charge in [-0.2, -0.15) is 0 Å². The predicted octanol–water partition coefficient (Wildman–Crippen LogP) is 4.94. The summed E-state index contributed by atoms with van der Waals surface area (Å²) in [5.41, 5.74) is 2.26. The predicted molar refractivity (Wildman–Crippen MR) is 99.1 cm³/mol. The summed E-state index contributed by atoms with van der Waals surface area (Å²) in [6, 6.07) is 11.9. The fourth-order valence-electron chi connectivity index (χ4n) is 2.37. The van der Waals surface area contributed by atoms with Crippen LogP contribution in [0.5, 0.6) is 0 Å². The van der Waals surface area contributed by atoms with Crippen molar-refractivity contribution in [2.45, 2.75) is 31.3 Å². The maximum absolute atomic E-state index is 5.94. The molecule has 124 valence electrons. The average molecular weight is 359 g/mol. The molecule has 0 atom stereocenters. The van der Waals surface area contributed by atoms with Gasteiger partial charge in [0.2, 0.25) is 0 Å². The van der Waals surface area contributed by atoms with Gasteiger partial charge in [0.1, 0.15) is 0 Å². The van der Waals surface area contributed by atoms with Crippen molar-refractivity contribution >= 4 is 23.4 Å². The fraction of sp³-hybridized carbons (Fsp3) is 0.278. The normalized spacial score (nSPS) is 11.2. The van der Waals surface area contributed by atoms with Gasteiger partial charge in [-0.15, -0.1) is 10.2 Å². The van der Waals surface area contributed by atoms with E-state index >= 15 is 0 Å². The standard InChI is InChI=1S/C18H19ClN4S/c1-13(2)11-23-17(15-7-9-20-10-8-15)21-22-18(23)24-12-14-3-5-16(19)6-4-14/h3-10,13H,11-12H2,1-2H3. The van der Waals surface area contributed by atoms with Crippen molar-refractivity contribution in [3.63, 3.8) is 0 Å². The van der Waals surface area contributed by atoms with Gasteiger partial charge in [-0.1, -0.05) is 49.3 Å². The molecule has 1 aromatic carbocycles. The van der Waals surface area contributed by atoms with Crippen molar-refractivity contribution in [3.8, 4) is 11.4 Å². The summed E-state index contributed by atoms with van der Waals surface area (Å²) in [5.74, 6) is 2.24. The van der Waals surface area contributed by atoms with Gasteiger partial charge in [0.05, 0.1) is 0 Å². The highest BCUT2D eigenvalue weighted by molar-refractivity contribution is 7.98. The average Bonchev–Trinajstić information content (AvgIpc) is 2.97. The minimum absolute atomic E-state index is 0.511. The molecule has 24 heavy (non-hydrogen) atoms. The van der Waals surface area contributed by atoms with Gasteiger partial charge < -0.3 is 4.57 Å². The number of halogens is 1. The first-order valence-corrected chi connectivity index (χ1v) is 9.20. The van der Waals surface area contributed by atoms with Gasteiger partial charge >= 0.3 is 0 Å². The number of hydrogen-bond acceptors (Lipinski definition) is 4. The zero-order valence-corrected chi connectivity index (χ0v) is 15.3. The SMILES string of the molecule is CC(C)Cn1c(SCc2ccc(Cl)cc2)nnc1-c1ccncc1. The van der Waals surface area contributed by atoms with E-state index in [2.05, 4.69) is 33.6 Å². The Bertz CT molecular complexity index is 785. The third-order valence-corrected chi connectivity index (χ3v) is 4.77. The summed E-state index contributed by atoms with van der Waals surface area (Å²) in [7, 11) is 0. The molecule has 3 aromatic rings. The molecule has 0 aliphatic heterocycles. The Morgan fingerprint density at radius 3 is 2.42 bits per heavy atom. The van der Waals surface area contributed by atoms with Crippen LogP contribution in [0.25, 0.3) is 11.4 Å². The Morgan fingerprint density at radius 2 is 1.75 bits per heavy atom. The zero-order valence-electron chi connectivity index (χ0n) is 13.7. The van der Waals surface area contributed by atoms with E-state index in [0.717, 1.165) is 33.9 Å². The van der Waals surface area contributed by atoms with Gasteiger partial charge in [0, 0.05) is 35.3 Å². The molecule has 0 aliphatic rings. The topological polar surface area (TPSA) is 43.6 Å². The van der Waals surface area contributed by atoms with Crippen molar-refractivity contribution in [2.24, 2.45) is 5.92 Å². The van der Waals surface area contributed by atoms with Crippen LogP contribution in [0, 0.1) is 5.92 Å². The fourth-order valence-corrected chi connectivity index (χ4v) is 3.40. The van der Waals surface area contributed by atoms with Crippen LogP contribution in [0.15, 0.2) is 53.9 Å². The van der Waals surface area contributed by atoms with Gasteiger partial charge in [0.15, 0.2) is 11.0 Å². The summed E-state index contributed by atoms with van der Waals surface area (Å²) in [6.45, 7) is 5.28. The second-order valence-corrected chi connectivity index (χ2v) is 7.34. The first-order valence-electron chi connectivity index (χ1n) is 7.84. The van der Waals surface area contributed by atoms with Crippen LogP contribution < -0.4 is 0 Å². The van der Waals surface area contributed by atoms with Crippen LogP contribution in [0.1, 0.15) is 19.4 Å². The Hall–Kier alpha value is -1.85. The van der Waals surface area contributed by atoms with Crippen molar-refractivity contribution in [3.05, 3.63) is 59.4 Å². The first kappa shape index (κ1) is 17.0. The van der Waals surface area contributed by atoms with E-state index in [1.807, 2.05) is 36.4 Å². The molecule has 0 radical (unpaired) electrons. The number of hydrogen-bond donors (Lipinski definition) is 0. The monoisotopic (exact) mass is 358 g/mol. The summed E-state index contributed by atoms with van der Waals surface area (Å²) in [4.78, 5) is 4.08. The lowest BCUT2D eigenvalue weighted by Gasteiger charge is -2.12. The van der Waals surface area contributed by atoms with Crippen molar-refractivity contribution in [2.75, 3.05) is 0 Å². The van der Waals surface area contributed by atoms with Crippen LogP contribution in [0.4, 0.5) is 0 Å². The number of thioether (sulfide) groups is 1. The van der Waals surface area contributed by atoms with Gasteiger partial charge in [0.25, 0.3) is 0 Å². The van der Waals surface area contributed by atoms with E-state index in [1.165, 1.54) is 5.56 Å². The highest BCUT2D eigenvalue weighted by Gasteiger charge is 2.15. The van der Waals surface area contributed by atoms with Crippen LogP contribution in [-0.2, 0) is 12.3 Å². The summed E-state index contributed by atoms with van der Waals surface area (Å²) in [5, 5.41) is 10.5. The molecule has 0 saturated heterocycles. The van der Waals surface area contributed by atoms with Crippen LogP contribution in [0.2, 0.25) is 5.02 Å². The number of benzene rings is 1. The maximum Gasteiger partial charge on any atom is 0.191 e. The zero-order chi connectivity index (χ0) is 16.9. The third-order valence-electron chi connectivity index (χ3n) is 3.48. The molecule has 0 spiro atoms. The minimum atomic E-state index is 0.511. The minimum Gasteiger partial charge on any atom is -0.302 e. The van der Waals surface area contributed by atoms with Crippen LogP contribution in [0.3, 0.4) is 0 Å². The highest BCUT2D eigenvalue weighted by atomic mass is 35.5. The smallest absolute Gasteiger partial charge is 0.191 e. The number of pyridine rings is 1. The van der Waals surface area contributed by atoms with E-state index in [4.69, 9.17) is 11.6 Å². The molecule has 2 heterocycles. The molecule has 2 aromatic heterocycles. The van der Waals surface area contributed by atoms with Crippen molar-refractivity contribution < 1.29 is 0 Å². The molecule has 0 N–H and O–H groups in total. The molecule has 0 saturated carbocycles. The molecule has 0 aliphatic carbocycles. The van der Waals surface area contributed by atoms with Crippen molar-refractivity contribution in [1.29, 1.82) is 0 Å². The highest BCUT2D eigenvalue weighted by Crippen LogP contribution is 2.27. The Morgan fingerprint density at radius 1 is 1.04 bits per heavy atom. The number of rotatable bonds is 6. The quantitative estimate of drug-likeness (QED) is 0.585. The molecule has 0 unspecified atom stereocenters. The van der Waals surface area contributed by atoms with E-state index in [9.17, 15) is 0 Å². The Balaban J connectivity index is 1.84. The summed E-state index contributed by atoms with van der Waals surface area (Å²) < 4.78 is 2.20. The number of nitrogens with zero attached hydrogens (tertiary/aromatic N) is 4. The largest absolute Gasteiger partial charge is 0.302 e. The van der Waals surface area contributed by atoms with Gasteiger partial charge in [-0.3, -0.25) is 4.98 Å². The lowest BCUT2D eigenvalue weighted by molar-refractivity contribution is 0.498. The van der Waals surface area contributed by atoms with Crippen molar-refractivity contribution in [1.82, 2.24) is 19.7 Å². The maximum atomic E-state index is 5.94. The second kappa shape index (κ2) is 7.81. The molecule has 6 heteroatoms. The molecular formula is C18H19ClN4S. The number of aromatic nitrogens is 4. The molecule has 4 nitrogen and oxygen atoms in total. The van der Waals surface area contributed by atoms with Crippen LogP contribution >= 0.6 is 23.4 Å². The first-order chi connectivity index (χ1) is 11.6. The van der Waals surface area contributed by atoms with E-state index in [-0.39, 0.29) is 0 Å². The summed E-state index contributed by atoms with van der Waals surface area (Å²) in [6.07, 6.45) is 3.56. The lowest BCUT2D eigenvalue weighted by atomic mass is 10.2. The lowest BCUT2D eigenvalue weighted by Crippen LogP contribution is -2.07. The molecule has 0 fully saturated rings. The second-order valence-electron chi connectivity index (χ2n) is 5.96.